The van der Waals surface area contributed by atoms with Gasteiger partial charge in [-0.05, 0) is 31.5 Å². The van der Waals surface area contributed by atoms with E-state index in [1.165, 1.54) is 12.1 Å². The van der Waals surface area contributed by atoms with Gasteiger partial charge in [0.1, 0.15) is 6.04 Å². The molecule has 1 rings (SSSR count). The molecule has 0 heterocycles. The number of para-hydroxylation sites is 2. The second-order valence-corrected chi connectivity index (χ2v) is 3.72. The van der Waals surface area contributed by atoms with Crippen molar-refractivity contribution in [3.05, 3.63) is 24.3 Å². The minimum atomic E-state index is -0.933. The maximum Gasteiger partial charge on any atom is 0.320 e. The predicted molar refractivity (Wildman–Crippen MR) is 68.3 cm³/mol. The number of nitrogens with two attached hydrogens (primary N) is 2. The van der Waals surface area contributed by atoms with E-state index in [9.17, 15) is 4.79 Å². The number of phenolic OH excluding ortho intramolecular Hbond substituents is 2. The zero-order valence-corrected chi connectivity index (χ0v) is 10.1. The summed E-state index contributed by atoms with van der Waals surface area (Å²) in [4.78, 5) is 10.1. The van der Waals surface area contributed by atoms with Crippen molar-refractivity contribution in [2.45, 2.75) is 25.3 Å². The summed E-state index contributed by atoms with van der Waals surface area (Å²) in [5.41, 5.74) is 10.4. The van der Waals surface area contributed by atoms with E-state index in [2.05, 4.69) is 0 Å². The maximum atomic E-state index is 10.1. The minimum absolute atomic E-state index is 0.0764. The molecule has 0 aromatic heterocycles. The van der Waals surface area contributed by atoms with Gasteiger partial charge < -0.3 is 26.8 Å². The molecule has 6 heteroatoms. The molecule has 0 fully saturated rings. The third-order valence-corrected chi connectivity index (χ3v) is 2.17. The van der Waals surface area contributed by atoms with Crippen molar-refractivity contribution in [2.24, 2.45) is 11.5 Å². The Hall–Kier alpha value is -1.79. The first-order chi connectivity index (χ1) is 8.49. The number of rotatable bonds is 5. The largest absolute Gasteiger partial charge is 0.504 e. The summed E-state index contributed by atoms with van der Waals surface area (Å²) in [6.45, 7) is 0.604. The van der Waals surface area contributed by atoms with Crippen LogP contribution in [0.2, 0.25) is 0 Å². The molecule has 6 nitrogen and oxygen atoms in total. The standard InChI is InChI=1S/C6H14N2O2.C6H6O2/c7-4-2-1-3-5(8)6(9)10;7-5-3-1-2-4-6(5)8/h5H,1-4,7-8H2,(H,9,10);1-4,7-8H. The van der Waals surface area contributed by atoms with Gasteiger partial charge in [0.05, 0.1) is 0 Å². The number of unbranched alkanes of at least 4 members (excludes halogenated alkanes) is 1. The number of hydrogen-bond donors (Lipinski definition) is 5. The van der Waals surface area contributed by atoms with Crippen LogP contribution < -0.4 is 11.5 Å². The molecule has 1 aromatic rings. The highest BCUT2D eigenvalue weighted by atomic mass is 16.4. The summed E-state index contributed by atoms with van der Waals surface area (Å²) in [5, 5.41) is 25.7. The van der Waals surface area contributed by atoms with E-state index in [1.807, 2.05) is 0 Å². The molecule has 0 saturated carbocycles. The zero-order chi connectivity index (χ0) is 14.0. The first-order valence-corrected chi connectivity index (χ1v) is 5.64. The molecule has 0 aliphatic carbocycles. The highest BCUT2D eigenvalue weighted by Gasteiger charge is 2.09. The van der Waals surface area contributed by atoms with Crippen LogP contribution in [0, 0.1) is 0 Å². The summed E-state index contributed by atoms with van der Waals surface area (Å²) in [6, 6.07) is 5.43. The molecule has 0 amide bonds. The highest BCUT2D eigenvalue weighted by Crippen LogP contribution is 2.21. The Labute approximate surface area is 106 Å². The number of hydrogen-bond acceptors (Lipinski definition) is 5. The van der Waals surface area contributed by atoms with E-state index < -0.39 is 12.0 Å². The lowest BCUT2D eigenvalue weighted by atomic mass is 10.1. The van der Waals surface area contributed by atoms with Gasteiger partial charge in [-0.2, -0.15) is 0 Å². The molecule has 0 aliphatic rings. The number of benzene rings is 1. The van der Waals surface area contributed by atoms with Crippen molar-refractivity contribution in [1.29, 1.82) is 0 Å². The second kappa shape index (κ2) is 9.26. The van der Waals surface area contributed by atoms with E-state index in [0.717, 1.165) is 12.8 Å². The van der Waals surface area contributed by atoms with Crippen LogP contribution in [0.3, 0.4) is 0 Å². The summed E-state index contributed by atoms with van der Waals surface area (Å²) >= 11 is 0. The third-order valence-electron chi connectivity index (χ3n) is 2.17. The molecule has 0 spiro atoms. The molecule has 0 saturated heterocycles. The Bertz CT molecular complexity index is 337. The van der Waals surface area contributed by atoms with E-state index in [1.54, 1.807) is 12.1 Å². The van der Waals surface area contributed by atoms with Gasteiger partial charge in [0, 0.05) is 0 Å². The smallest absolute Gasteiger partial charge is 0.320 e. The molecule has 7 N–H and O–H groups in total. The summed E-state index contributed by atoms with van der Waals surface area (Å²) in [5.74, 6) is -1.09. The molecule has 1 unspecified atom stereocenters. The first kappa shape index (κ1) is 16.2. The van der Waals surface area contributed by atoms with Crippen LogP contribution in [0.4, 0.5) is 0 Å². The van der Waals surface area contributed by atoms with E-state index >= 15 is 0 Å². The van der Waals surface area contributed by atoms with Gasteiger partial charge in [0.2, 0.25) is 0 Å². The number of carboxylic acid groups (broad SMARTS) is 1. The van der Waals surface area contributed by atoms with Crippen molar-refractivity contribution in [2.75, 3.05) is 6.54 Å². The highest BCUT2D eigenvalue weighted by molar-refractivity contribution is 5.72. The average Bonchev–Trinajstić information content (AvgIpc) is 2.34. The molecule has 1 aromatic carbocycles. The topological polar surface area (TPSA) is 130 Å². The molecule has 18 heavy (non-hydrogen) atoms. The average molecular weight is 256 g/mol. The molecule has 102 valence electrons. The summed E-state index contributed by atoms with van der Waals surface area (Å²) in [7, 11) is 0. The van der Waals surface area contributed by atoms with Gasteiger partial charge >= 0.3 is 5.97 Å². The van der Waals surface area contributed by atoms with Crippen LogP contribution >= 0.6 is 0 Å². The van der Waals surface area contributed by atoms with E-state index in [4.69, 9.17) is 26.8 Å². The lowest BCUT2D eigenvalue weighted by Gasteiger charge is -2.03. The second-order valence-electron chi connectivity index (χ2n) is 3.72. The van der Waals surface area contributed by atoms with Crippen LogP contribution in [-0.4, -0.2) is 33.9 Å². The van der Waals surface area contributed by atoms with Crippen LogP contribution in [0.5, 0.6) is 11.5 Å². The Kier molecular flexibility index (Phi) is 8.34. The molecular weight excluding hydrogens is 236 g/mol. The number of carboxylic acids is 1. The van der Waals surface area contributed by atoms with Crippen LogP contribution in [0.15, 0.2) is 24.3 Å². The fraction of sp³-hybridized carbons (Fsp3) is 0.417. The molecule has 0 radical (unpaired) electrons. The van der Waals surface area contributed by atoms with Crippen molar-refractivity contribution >= 4 is 5.97 Å². The van der Waals surface area contributed by atoms with Gasteiger partial charge in [-0.3, -0.25) is 4.79 Å². The number of carbonyl (C=O) groups is 1. The molecular formula is C12H20N2O4. The fourth-order valence-electron chi connectivity index (χ4n) is 1.10. The Morgan fingerprint density at radius 2 is 1.67 bits per heavy atom. The van der Waals surface area contributed by atoms with Gasteiger partial charge in [-0.25, -0.2) is 0 Å². The summed E-state index contributed by atoms with van der Waals surface area (Å²) in [6.07, 6.45) is 2.16. The van der Waals surface area contributed by atoms with E-state index in [0.29, 0.717) is 13.0 Å². The molecule has 1 atom stereocenters. The first-order valence-electron chi connectivity index (χ1n) is 5.64. The predicted octanol–water partition coefficient (Wildman–Crippen LogP) is 0.625. The van der Waals surface area contributed by atoms with Gasteiger partial charge in [-0.1, -0.05) is 18.6 Å². The summed E-state index contributed by atoms with van der Waals surface area (Å²) < 4.78 is 0. The number of aromatic hydroxyl groups is 2. The monoisotopic (exact) mass is 256 g/mol. The molecule has 0 bridgehead atoms. The minimum Gasteiger partial charge on any atom is -0.504 e. The van der Waals surface area contributed by atoms with Crippen LogP contribution in [0.25, 0.3) is 0 Å². The lowest BCUT2D eigenvalue weighted by molar-refractivity contribution is -0.138. The van der Waals surface area contributed by atoms with Gasteiger partial charge in [0.25, 0.3) is 0 Å². The number of aliphatic carboxylic acids is 1. The quantitative estimate of drug-likeness (QED) is 0.388. The van der Waals surface area contributed by atoms with Crippen LogP contribution in [0.1, 0.15) is 19.3 Å². The van der Waals surface area contributed by atoms with Crippen molar-refractivity contribution in [1.82, 2.24) is 0 Å². The maximum absolute atomic E-state index is 10.1. The Balaban J connectivity index is 0.000000327. The van der Waals surface area contributed by atoms with Crippen LogP contribution in [-0.2, 0) is 4.79 Å². The lowest BCUT2D eigenvalue weighted by Crippen LogP contribution is -2.29. The third kappa shape index (κ3) is 7.48. The van der Waals surface area contributed by atoms with Crippen molar-refractivity contribution in [3.63, 3.8) is 0 Å². The van der Waals surface area contributed by atoms with Gasteiger partial charge in [-0.15, -0.1) is 0 Å². The van der Waals surface area contributed by atoms with E-state index in [-0.39, 0.29) is 11.5 Å². The van der Waals surface area contributed by atoms with Gasteiger partial charge in [0.15, 0.2) is 11.5 Å². The number of phenols is 2. The fourth-order valence-corrected chi connectivity index (χ4v) is 1.10. The van der Waals surface area contributed by atoms with Crippen molar-refractivity contribution < 1.29 is 20.1 Å². The Morgan fingerprint density at radius 1 is 1.17 bits per heavy atom. The Morgan fingerprint density at radius 3 is 2.00 bits per heavy atom. The zero-order valence-electron chi connectivity index (χ0n) is 10.1. The normalized spacial score (nSPS) is 11.2. The molecule has 0 aliphatic heterocycles. The SMILES string of the molecule is NCCCCC(N)C(=O)O.Oc1ccccc1O. The van der Waals surface area contributed by atoms with Crippen molar-refractivity contribution in [3.8, 4) is 11.5 Å².